The highest BCUT2D eigenvalue weighted by Crippen LogP contribution is 2.41. The van der Waals surface area contributed by atoms with Crippen LogP contribution in [0.5, 0.6) is 0 Å². The molecule has 1 saturated carbocycles. The molecule has 98 valence electrons. The zero-order valence-corrected chi connectivity index (χ0v) is 12.0. The fourth-order valence-electron chi connectivity index (χ4n) is 3.04. The molecule has 1 heteroatoms. The third-order valence-corrected chi connectivity index (χ3v) is 4.20. The van der Waals surface area contributed by atoms with Crippen molar-refractivity contribution in [1.82, 2.24) is 0 Å². The Kier molecular flexibility index (Phi) is 3.61. The molecule has 18 heavy (non-hydrogen) atoms. The van der Waals surface area contributed by atoms with Crippen molar-refractivity contribution in [2.24, 2.45) is 11.3 Å². The molecule has 0 amide bonds. The minimum absolute atomic E-state index is 0.0977. The number of hydrogen-bond donors (Lipinski definition) is 0. The van der Waals surface area contributed by atoms with Crippen LogP contribution in [0, 0.1) is 18.3 Å². The highest BCUT2D eigenvalue weighted by atomic mass is 16.1. The van der Waals surface area contributed by atoms with E-state index in [1.165, 1.54) is 17.5 Å². The predicted molar refractivity (Wildman–Crippen MR) is 75.7 cm³/mol. The number of hydrogen-bond acceptors (Lipinski definition) is 1. The fraction of sp³-hybridized carbons (Fsp3) is 0.588. The molecule has 1 fully saturated rings. The van der Waals surface area contributed by atoms with Gasteiger partial charge in [-0.25, -0.2) is 0 Å². The maximum Gasteiger partial charge on any atom is 0.143 e. The molecule has 1 aliphatic rings. The first-order chi connectivity index (χ1) is 8.39. The summed E-state index contributed by atoms with van der Waals surface area (Å²) < 4.78 is 0. The second kappa shape index (κ2) is 4.87. The molecule has 1 nitrogen and oxygen atoms in total. The van der Waals surface area contributed by atoms with Crippen molar-refractivity contribution in [2.45, 2.75) is 52.9 Å². The van der Waals surface area contributed by atoms with Crippen molar-refractivity contribution < 1.29 is 4.79 Å². The molecule has 2 rings (SSSR count). The Morgan fingerprint density at radius 3 is 2.22 bits per heavy atom. The molecular weight excluding hydrogens is 220 g/mol. The summed E-state index contributed by atoms with van der Waals surface area (Å²) in [4.78, 5) is 12.7. The number of carbonyl (C=O) groups is 1. The Labute approximate surface area is 111 Å². The van der Waals surface area contributed by atoms with Gasteiger partial charge in [0.1, 0.15) is 5.78 Å². The van der Waals surface area contributed by atoms with Gasteiger partial charge in [-0.05, 0) is 30.7 Å². The van der Waals surface area contributed by atoms with Gasteiger partial charge in [-0.3, -0.25) is 4.79 Å². The van der Waals surface area contributed by atoms with Crippen molar-refractivity contribution in [3.05, 3.63) is 35.4 Å². The molecule has 1 aromatic rings. The van der Waals surface area contributed by atoms with Crippen LogP contribution in [-0.4, -0.2) is 5.78 Å². The molecule has 2 atom stereocenters. The van der Waals surface area contributed by atoms with Crippen LogP contribution in [0.25, 0.3) is 0 Å². The van der Waals surface area contributed by atoms with Crippen LogP contribution in [0.2, 0.25) is 0 Å². The standard InChI is InChI=1S/C17H24O/c1-12-8-10-13(11-9-12)14-6-5-7-15(16(14)18)17(2,3)4/h8-11,14-15H,5-7H2,1-4H3. The van der Waals surface area contributed by atoms with E-state index in [0.717, 1.165) is 12.8 Å². The summed E-state index contributed by atoms with van der Waals surface area (Å²) in [5.74, 6) is 0.804. The number of benzene rings is 1. The van der Waals surface area contributed by atoms with Crippen molar-refractivity contribution in [3.8, 4) is 0 Å². The molecule has 0 aliphatic heterocycles. The van der Waals surface area contributed by atoms with E-state index in [9.17, 15) is 4.79 Å². The Bertz CT molecular complexity index is 422. The number of rotatable bonds is 1. The van der Waals surface area contributed by atoms with E-state index in [0.29, 0.717) is 5.78 Å². The molecule has 0 N–H and O–H groups in total. The summed E-state index contributed by atoms with van der Waals surface area (Å²) in [6, 6.07) is 8.48. The maximum atomic E-state index is 12.7. The molecule has 2 unspecified atom stereocenters. The third kappa shape index (κ3) is 2.66. The summed E-state index contributed by atoms with van der Waals surface area (Å²) in [5.41, 5.74) is 2.56. The Hall–Kier alpha value is -1.11. The quantitative estimate of drug-likeness (QED) is 0.711. The first-order valence-electron chi connectivity index (χ1n) is 7.00. The summed E-state index contributed by atoms with van der Waals surface area (Å²) in [6.07, 6.45) is 3.26. The summed E-state index contributed by atoms with van der Waals surface area (Å²) in [7, 11) is 0. The second-order valence-corrected chi connectivity index (χ2v) is 6.72. The van der Waals surface area contributed by atoms with Gasteiger partial charge in [0.25, 0.3) is 0 Å². The molecule has 0 radical (unpaired) electrons. The zero-order valence-electron chi connectivity index (χ0n) is 12.0. The smallest absolute Gasteiger partial charge is 0.143 e. The Balaban J connectivity index is 2.24. The minimum atomic E-state index is 0.0977. The Morgan fingerprint density at radius 1 is 1.06 bits per heavy atom. The number of aryl methyl sites for hydroxylation is 1. The summed E-state index contributed by atoms with van der Waals surface area (Å²) in [6.45, 7) is 8.65. The van der Waals surface area contributed by atoms with Crippen molar-refractivity contribution in [3.63, 3.8) is 0 Å². The molecule has 1 aromatic carbocycles. The number of carbonyl (C=O) groups excluding carboxylic acids is 1. The predicted octanol–water partition coefficient (Wildman–Crippen LogP) is 4.49. The third-order valence-electron chi connectivity index (χ3n) is 4.20. The molecule has 0 saturated heterocycles. The van der Waals surface area contributed by atoms with E-state index in [1.54, 1.807) is 0 Å². The summed E-state index contributed by atoms with van der Waals surface area (Å²) in [5, 5.41) is 0. The number of Topliss-reactive ketones (excluding diaryl/α,β-unsaturated/α-hetero) is 1. The van der Waals surface area contributed by atoms with Crippen LogP contribution in [0.1, 0.15) is 57.1 Å². The van der Waals surface area contributed by atoms with Crippen molar-refractivity contribution in [2.75, 3.05) is 0 Å². The lowest BCUT2D eigenvalue weighted by Gasteiger charge is -2.36. The van der Waals surface area contributed by atoms with Gasteiger partial charge in [0.2, 0.25) is 0 Å². The largest absolute Gasteiger partial charge is 0.299 e. The van der Waals surface area contributed by atoms with E-state index >= 15 is 0 Å². The molecular formula is C17H24O. The number of ketones is 1. The van der Waals surface area contributed by atoms with Gasteiger partial charge in [-0.2, -0.15) is 0 Å². The topological polar surface area (TPSA) is 17.1 Å². The van der Waals surface area contributed by atoms with Gasteiger partial charge < -0.3 is 0 Å². The lowest BCUT2D eigenvalue weighted by atomic mass is 9.67. The summed E-state index contributed by atoms with van der Waals surface area (Å²) >= 11 is 0. The van der Waals surface area contributed by atoms with E-state index in [-0.39, 0.29) is 17.3 Å². The van der Waals surface area contributed by atoms with E-state index < -0.39 is 0 Å². The van der Waals surface area contributed by atoms with Crippen LogP contribution < -0.4 is 0 Å². The van der Waals surface area contributed by atoms with Crippen LogP contribution in [-0.2, 0) is 4.79 Å². The monoisotopic (exact) mass is 244 g/mol. The average molecular weight is 244 g/mol. The van der Waals surface area contributed by atoms with Gasteiger partial charge in [0, 0.05) is 11.8 Å². The SMILES string of the molecule is Cc1ccc(C2CCCC(C(C)(C)C)C2=O)cc1. The first kappa shape index (κ1) is 13.3. The van der Waals surface area contributed by atoms with Crippen LogP contribution >= 0.6 is 0 Å². The molecule has 0 spiro atoms. The molecule has 0 aromatic heterocycles. The fourth-order valence-corrected chi connectivity index (χ4v) is 3.04. The maximum absolute atomic E-state index is 12.7. The van der Waals surface area contributed by atoms with E-state index in [4.69, 9.17) is 0 Å². The van der Waals surface area contributed by atoms with Gasteiger partial charge in [-0.1, -0.05) is 57.0 Å². The molecule has 1 aliphatic carbocycles. The molecule has 0 bridgehead atoms. The van der Waals surface area contributed by atoms with Crippen molar-refractivity contribution in [1.29, 1.82) is 0 Å². The first-order valence-corrected chi connectivity index (χ1v) is 7.00. The van der Waals surface area contributed by atoms with Gasteiger partial charge in [0.15, 0.2) is 0 Å². The van der Waals surface area contributed by atoms with E-state index in [2.05, 4.69) is 52.0 Å². The van der Waals surface area contributed by atoms with E-state index in [1.807, 2.05) is 0 Å². The lowest BCUT2D eigenvalue weighted by molar-refractivity contribution is -0.129. The van der Waals surface area contributed by atoms with Crippen LogP contribution in [0.15, 0.2) is 24.3 Å². The lowest BCUT2D eigenvalue weighted by Crippen LogP contribution is -2.35. The highest BCUT2D eigenvalue weighted by molar-refractivity contribution is 5.89. The average Bonchev–Trinajstić information content (AvgIpc) is 2.29. The second-order valence-electron chi connectivity index (χ2n) is 6.72. The van der Waals surface area contributed by atoms with Crippen molar-refractivity contribution >= 4 is 5.78 Å². The van der Waals surface area contributed by atoms with Crippen LogP contribution in [0.4, 0.5) is 0 Å². The minimum Gasteiger partial charge on any atom is -0.299 e. The molecule has 0 heterocycles. The highest BCUT2D eigenvalue weighted by Gasteiger charge is 2.38. The zero-order chi connectivity index (χ0) is 13.3. The normalized spacial score (nSPS) is 25.2. The van der Waals surface area contributed by atoms with Gasteiger partial charge in [0.05, 0.1) is 0 Å². The Morgan fingerprint density at radius 2 is 1.67 bits per heavy atom. The van der Waals surface area contributed by atoms with Gasteiger partial charge in [-0.15, -0.1) is 0 Å². The van der Waals surface area contributed by atoms with Gasteiger partial charge >= 0.3 is 0 Å². The van der Waals surface area contributed by atoms with Crippen LogP contribution in [0.3, 0.4) is 0 Å².